The number of hydrogen-bond acceptors (Lipinski definition) is 3. The Kier molecular flexibility index (Phi) is 8.43. The van der Waals surface area contributed by atoms with Crippen LogP contribution in [0.5, 0.6) is 0 Å². The lowest BCUT2D eigenvalue weighted by Crippen LogP contribution is -2.08. The van der Waals surface area contributed by atoms with Gasteiger partial charge in [0.05, 0.1) is 5.69 Å². The molecule has 20 heavy (non-hydrogen) atoms. The number of carboxylic acids is 1. The normalized spacial score (nSPS) is 10.4. The molecule has 0 fully saturated rings. The number of carbonyl (C=O) groups is 1. The van der Waals surface area contributed by atoms with E-state index in [4.69, 9.17) is 5.11 Å². The highest BCUT2D eigenvalue weighted by Crippen LogP contribution is 2.14. The lowest BCUT2D eigenvalue weighted by Gasteiger charge is -2.08. The molecule has 0 aliphatic rings. The molecular formula is C16H26N2O2. The molecule has 4 heteroatoms. The Morgan fingerprint density at radius 2 is 1.80 bits per heavy atom. The minimum Gasteiger partial charge on any atom is -0.478 e. The van der Waals surface area contributed by atoms with Gasteiger partial charge in [-0.15, -0.1) is 0 Å². The largest absolute Gasteiger partial charge is 0.478 e. The van der Waals surface area contributed by atoms with Crippen LogP contribution in [-0.2, 0) is 0 Å². The lowest BCUT2D eigenvalue weighted by atomic mass is 10.1. The SMILES string of the molecule is CCCCCCCCCCNc1ccncc1C(=O)O. The summed E-state index contributed by atoms with van der Waals surface area (Å²) in [5.41, 5.74) is 0.905. The molecule has 0 saturated heterocycles. The highest BCUT2D eigenvalue weighted by Gasteiger charge is 2.08. The minimum absolute atomic E-state index is 0.243. The Balaban J connectivity index is 2.11. The van der Waals surface area contributed by atoms with E-state index in [0.29, 0.717) is 5.69 Å². The maximum Gasteiger partial charge on any atom is 0.339 e. The molecule has 2 N–H and O–H groups in total. The molecule has 0 bridgehead atoms. The summed E-state index contributed by atoms with van der Waals surface area (Å²) < 4.78 is 0. The predicted molar refractivity (Wildman–Crippen MR) is 82.3 cm³/mol. The van der Waals surface area contributed by atoms with Gasteiger partial charge >= 0.3 is 5.97 Å². The summed E-state index contributed by atoms with van der Waals surface area (Å²) in [4.78, 5) is 14.8. The molecule has 1 heterocycles. The quantitative estimate of drug-likeness (QED) is 0.591. The van der Waals surface area contributed by atoms with E-state index in [1.165, 1.54) is 51.1 Å². The van der Waals surface area contributed by atoms with Crippen LogP contribution < -0.4 is 5.32 Å². The molecule has 0 radical (unpaired) electrons. The van der Waals surface area contributed by atoms with Crippen LogP contribution in [-0.4, -0.2) is 22.6 Å². The lowest BCUT2D eigenvalue weighted by molar-refractivity contribution is 0.0697. The zero-order valence-electron chi connectivity index (χ0n) is 12.4. The van der Waals surface area contributed by atoms with Crippen molar-refractivity contribution in [2.75, 3.05) is 11.9 Å². The molecule has 0 unspecified atom stereocenters. The third-order valence-electron chi connectivity index (χ3n) is 3.40. The summed E-state index contributed by atoms with van der Waals surface area (Å²) in [6.45, 7) is 3.05. The fraction of sp³-hybridized carbons (Fsp3) is 0.625. The number of unbranched alkanes of at least 4 members (excludes halogenated alkanes) is 7. The maximum absolute atomic E-state index is 11.0. The number of aromatic carboxylic acids is 1. The third kappa shape index (κ3) is 6.55. The van der Waals surface area contributed by atoms with E-state index in [2.05, 4.69) is 17.2 Å². The van der Waals surface area contributed by atoms with Crippen molar-refractivity contribution >= 4 is 11.7 Å². The first-order chi connectivity index (χ1) is 9.75. The van der Waals surface area contributed by atoms with Gasteiger partial charge in [0.1, 0.15) is 5.56 Å². The van der Waals surface area contributed by atoms with Crippen LogP contribution in [0.15, 0.2) is 18.5 Å². The highest BCUT2D eigenvalue weighted by atomic mass is 16.4. The average molecular weight is 278 g/mol. The van der Waals surface area contributed by atoms with E-state index in [-0.39, 0.29) is 5.56 Å². The Bertz CT molecular complexity index is 394. The van der Waals surface area contributed by atoms with Gasteiger partial charge in [0.2, 0.25) is 0 Å². The molecule has 0 aliphatic heterocycles. The van der Waals surface area contributed by atoms with Crippen LogP contribution in [0.25, 0.3) is 0 Å². The first-order valence-corrected chi connectivity index (χ1v) is 7.67. The van der Waals surface area contributed by atoms with Crippen LogP contribution in [0.4, 0.5) is 5.69 Å². The molecule has 0 saturated carbocycles. The van der Waals surface area contributed by atoms with Crippen molar-refractivity contribution < 1.29 is 9.90 Å². The number of anilines is 1. The van der Waals surface area contributed by atoms with E-state index in [9.17, 15) is 4.79 Å². The molecule has 0 aromatic carbocycles. The first-order valence-electron chi connectivity index (χ1n) is 7.67. The third-order valence-corrected chi connectivity index (χ3v) is 3.40. The maximum atomic E-state index is 11.0. The van der Waals surface area contributed by atoms with Crippen LogP contribution in [0.3, 0.4) is 0 Å². The topological polar surface area (TPSA) is 62.2 Å². The van der Waals surface area contributed by atoms with Crippen molar-refractivity contribution in [2.24, 2.45) is 0 Å². The van der Waals surface area contributed by atoms with E-state index >= 15 is 0 Å². The minimum atomic E-state index is -0.934. The molecule has 0 amide bonds. The standard InChI is InChI=1S/C16H26N2O2/c1-2-3-4-5-6-7-8-9-11-18-15-10-12-17-13-14(15)16(19)20/h10,12-13H,2-9,11H2,1H3,(H,17,18)(H,19,20). The Labute approximate surface area is 121 Å². The molecule has 1 aromatic heterocycles. The fourth-order valence-corrected chi connectivity index (χ4v) is 2.20. The predicted octanol–water partition coefficient (Wildman–Crippen LogP) is 4.33. The molecule has 0 spiro atoms. The summed E-state index contributed by atoms with van der Waals surface area (Å²) in [7, 11) is 0. The van der Waals surface area contributed by atoms with Gasteiger partial charge in [0, 0.05) is 18.9 Å². The fourth-order valence-electron chi connectivity index (χ4n) is 2.20. The van der Waals surface area contributed by atoms with Crippen molar-refractivity contribution in [1.82, 2.24) is 4.98 Å². The summed E-state index contributed by atoms with van der Waals surface area (Å²) in [5.74, 6) is -0.934. The number of hydrogen-bond donors (Lipinski definition) is 2. The van der Waals surface area contributed by atoms with Gasteiger partial charge in [0.15, 0.2) is 0 Å². The van der Waals surface area contributed by atoms with E-state index < -0.39 is 5.97 Å². The molecular weight excluding hydrogens is 252 g/mol. The van der Waals surface area contributed by atoms with Crippen molar-refractivity contribution in [3.63, 3.8) is 0 Å². The zero-order valence-corrected chi connectivity index (χ0v) is 12.4. The first kappa shape index (κ1) is 16.5. The molecule has 0 atom stereocenters. The summed E-state index contributed by atoms with van der Waals surface area (Å²) in [5, 5.41) is 12.2. The van der Waals surface area contributed by atoms with Gasteiger partial charge in [-0.2, -0.15) is 0 Å². The van der Waals surface area contributed by atoms with Gasteiger partial charge in [-0.1, -0.05) is 51.9 Å². The van der Waals surface area contributed by atoms with Gasteiger partial charge in [0.25, 0.3) is 0 Å². The number of nitrogens with one attached hydrogen (secondary N) is 1. The second kappa shape index (κ2) is 10.2. The zero-order chi connectivity index (χ0) is 14.6. The van der Waals surface area contributed by atoms with E-state index in [1.54, 1.807) is 12.3 Å². The van der Waals surface area contributed by atoms with Crippen LogP contribution in [0, 0.1) is 0 Å². The number of pyridine rings is 1. The van der Waals surface area contributed by atoms with Gasteiger partial charge < -0.3 is 10.4 Å². The van der Waals surface area contributed by atoms with E-state index in [1.807, 2.05) is 0 Å². The molecule has 112 valence electrons. The van der Waals surface area contributed by atoms with Gasteiger partial charge in [-0.25, -0.2) is 4.79 Å². The summed E-state index contributed by atoms with van der Waals surface area (Å²) in [6.07, 6.45) is 13.2. The molecule has 4 nitrogen and oxygen atoms in total. The molecule has 0 aliphatic carbocycles. The van der Waals surface area contributed by atoms with Crippen LogP contribution >= 0.6 is 0 Å². The number of aromatic nitrogens is 1. The Morgan fingerprint density at radius 1 is 1.15 bits per heavy atom. The second-order valence-corrected chi connectivity index (χ2v) is 5.13. The molecule has 1 rings (SSSR count). The van der Waals surface area contributed by atoms with Crippen LogP contribution in [0.2, 0.25) is 0 Å². The van der Waals surface area contributed by atoms with Crippen molar-refractivity contribution in [2.45, 2.75) is 58.3 Å². The number of rotatable bonds is 11. The van der Waals surface area contributed by atoms with Gasteiger partial charge in [-0.05, 0) is 12.5 Å². The van der Waals surface area contributed by atoms with Gasteiger partial charge in [-0.3, -0.25) is 4.98 Å². The Morgan fingerprint density at radius 3 is 2.45 bits per heavy atom. The molecule has 1 aromatic rings. The smallest absolute Gasteiger partial charge is 0.339 e. The number of nitrogens with zero attached hydrogens (tertiary/aromatic N) is 1. The summed E-state index contributed by atoms with van der Waals surface area (Å²) >= 11 is 0. The van der Waals surface area contributed by atoms with Crippen LogP contribution in [0.1, 0.15) is 68.6 Å². The second-order valence-electron chi connectivity index (χ2n) is 5.13. The highest BCUT2D eigenvalue weighted by molar-refractivity contribution is 5.93. The number of carboxylic acid groups (broad SMARTS) is 1. The average Bonchev–Trinajstić information content (AvgIpc) is 2.46. The summed E-state index contributed by atoms with van der Waals surface area (Å²) in [6, 6.07) is 1.72. The Hall–Kier alpha value is -1.58. The van der Waals surface area contributed by atoms with Crippen molar-refractivity contribution in [3.05, 3.63) is 24.0 Å². The van der Waals surface area contributed by atoms with Crippen molar-refractivity contribution in [1.29, 1.82) is 0 Å². The van der Waals surface area contributed by atoms with E-state index in [0.717, 1.165) is 13.0 Å². The monoisotopic (exact) mass is 278 g/mol. The van der Waals surface area contributed by atoms with Crippen molar-refractivity contribution in [3.8, 4) is 0 Å².